The molecule has 4 N–H and O–H groups in total. The highest BCUT2D eigenvalue weighted by Crippen LogP contribution is 2.46. The number of nitrogens with two attached hydrogens (primary N) is 1. The molecule has 15 heteroatoms. The fraction of sp³-hybridized carbons (Fsp3) is 0.444. The number of ether oxygens (including phenoxy) is 2. The molecular weight excluding hydrogens is 717 g/mol. The molecule has 51 heavy (non-hydrogen) atoms. The first-order valence-corrected chi connectivity index (χ1v) is 18.4. The molecule has 2 aliphatic heterocycles. The number of allylic oxidation sites excluding steroid dienone is 1. The van der Waals surface area contributed by atoms with E-state index in [9.17, 15) is 22.8 Å². The predicted molar refractivity (Wildman–Crippen MR) is 197 cm³/mol. The van der Waals surface area contributed by atoms with Gasteiger partial charge in [-0.15, -0.1) is 24.8 Å². The van der Waals surface area contributed by atoms with E-state index in [1.54, 1.807) is 7.11 Å². The largest absolute Gasteiger partial charge is 0.497 e. The van der Waals surface area contributed by atoms with Crippen molar-refractivity contribution >= 4 is 63.5 Å². The van der Waals surface area contributed by atoms with Crippen molar-refractivity contribution in [3.05, 3.63) is 66.7 Å². The maximum Gasteiger partial charge on any atom is 0.259 e. The maximum atomic E-state index is 14.1. The van der Waals surface area contributed by atoms with Crippen molar-refractivity contribution in [3.8, 4) is 22.8 Å². The van der Waals surface area contributed by atoms with Crippen LogP contribution in [-0.2, 0) is 24.4 Å². The second-order valence-corrected chi connectivity index (χ2v) is 15.5. The molecule has 1 saturated heterocycles. The number of fused-ring (bicyclic) bond motifs is 3. The van der Waals surface area contributed by atoms with Gasteiger partial charge >= 0.3 is 0 Å². The van der Waals surface area contributed by atoms with Crippen molar-refractivity contribution in [2.24, 2.45) is 11.7 Å². The van der Waals surface area contributed by atoms with Crippen LogP contribution in [0.25, 0.3) is 22.2 Å². The number of methoxy groups -OCH3 is 1. The number of nitrogens with one attached hydrogen (secondary N) is 2. The molecule has 274 valence electrons. The Kier molecular flexibility index (Phi) is 11.5. The summed E-state index contributed by atoms with van der Waals surface area (Å²) in [6.07, 6.45) is 7.33. The van der Waals surface area contributed by atoms with Gasteiger partial charge in [0.1, 0.15) is 29.2 Å². The molecule has 2 saturated carbocycles. The molecule has 0 radical (unpaired) electrons. The number of carbonyl (C=O) groups excluding carboxylic acids is 3. The van der Waals surface area contributed by atoms with Crippen molar-refractivity contribution < 1.29 is 32.3 Å². The second kappa shape index (κ2) is 15.4. The number of sulfonamides is 1. The number of hydrogen-bond acceptors (Lipinski definition) is 9. The molecule has 7 rings (SSSR count). The van der Waals surface area contributed by atoms with Gasteiger partial charge in [-0.1, -0.05) is 48.9 Å². The first-order valence-electron chi connectivity index (χ1n) is 16.9. The minimum absolute atomic E-state index is 0. The smallest absolute Gasteiger partial charge is 0.259 e. The van der Waals surface area contributed by atoms with Crippen LogP contribution in [0.2, 0.25) is 0 Å². The van der Waals surface area contributed by atoms with Crippen LogP contribution in [0.15, 0.2) is 66.7 Å². The first-order chi connectivity index (χ1) is 23.6. The molecule has 1 unspecified atom stereocenters. The number of nitrogens with zero attached hydrogens (tertiary/aromatic N) is 2. The molecule has 0 bridgehead atoms. The van der Waals surface area contributed by atoms with Crippen LogP contribution in [0.1, 0.15) is 51.4 Å². The molecule has 2 aromatic carbocycles. The Labute approximate surface area is 309 Å². The van der Waals surface area contributed by atoms with Gasteiger partial charge in [0.25, 0.3) is 5.91 Å². The van der Waals surface area contributed by atoms with E-state index in [4.69, 9.17) is 20.2 Å². The molecule has 3 aromatic rings. The van der Waals surface area contributed by atoms with Gasteiger partial charge in [-0.25, -0.2) is 13.4 Å². The summed E-state index contributed by atoms with van der Waals surface area (Å²) in [4.78, 5) is 47.8. The highest BCUT2D eigenvalue weighted by Gasteiger charge is 2.62. The Balaban J connectivity index is 0.00000252. The lowest BCUT2D eigenvalue weighted by atomic mass is 10.0. The zero-order chi connectivity index (χ0) is 34.3. The quantitative estimate of drug-likeness (QED) is 0.301. The number of amides is 3. The van der Waals surface area contributed by atoms with Crippen LogP contribution < -0.4 is 25.2 Å². The van der Waals surface area contributed by atoms with Gasteiger partial charge in [-0.3, -0.25) is 19.1 Å². The lowest BCUT2D eigenvalue weighted by Gasteiger charge is -2.28. The summed E-state index contributed by atoms with van der Waals surface area (Å²) in [5.74, 6) is -0.858. The van der Waals surface area contributed by atoms with E-state index in [-0.39, 0.29) is 56.0 Å². The SMILES string of the molecule is COc1ccc2c(O[C@@H]3C[C@H]4C(=O)N[C@]5(C(=O)NS(=O)(=O)C6CC6)CC5/C=C\CCCC[C@H](N)C(=O)N4C3)cc(-c3ccccc3)nc2c1.Cl.Cl. The second-order valence-electron chi connectivity index (χ2n) is 13.5. The van der Waals surface area contributed by atoms with Crippen LogP contribution in [0, 0.1) is 5.92 Å². The van der Waals surface area contributed by atoms with E-state index in [1.165, 1.54) is 4.90 Å². The van der Waals surface area contributed by atoms with E-state index < -0.39 is 50.8 Å². The fourth-order valence-corrected chi connectivity index (χ4v) is 8.27. The minimum Gasteiger partial charge on any atom is -0.497 e. The van der Waals surface area contributed by atoms with Crippen LogP contribution in [-0.4, -0.2) is 78.7 Å². The number of rotatable bonds is 7. The minimum atomic E-state index is -3.84. The van der Waals surface area contributed by atoms with Gasteiger partial charge in [0, 0.05) is 35.4 Å². The molecule has 4 aliphatic rings. The number of halogens is 2. The number of aromatic nitrogens is 1. The van der Waals surface area contributed by atoms with Crippen LogP contribution >= 0.6 is 24.8 Å². The van der Waals surface area contributed by atoms with Gasteiger partial charge in [-0.2, -0.15) is 0 Å². The standard InChI is InChI=1S/C36H41N5O7S.2ClH/c1-47-24-13-16-27-30(17-24)38-29(22-9-5-4-6-10-22)19-32(27)48-25-18-31-33(42)39-36(35(44)40-49(45,46)26-14-15-26)20-23(36)11-7-2-3-8-12-28(37)34(43)41(31)21-25;;/h4-7,9-11,13,16-17,19,23,25-26,28,31H,2-3,8,12,14-15,18,20-21,37H2,1H3,(H,39,42)(H,40,44);2*1H/b11-7-;;/t23?,25-,28+,31+,36-;;/m1../s1. The maximum absolute atomic E-state index is 14.1. The third-order valence-corrected chi connectivity index (χ3v) is 11.8. The van der Waals surface area contributed by atoms with E-state index >= 15 is 0 Å². The number of benzene rings is 2. The van der Waals surface area contributed by atoms with Gasteiger partial charge in [-0.05, 0) is 50.7 Å². The molecule has 1 aromatic heterocycles. The summed E-state index contributed by atoms with van der Waals surface area (Å²) in [6.45, 7) is 0.101. The molecular formula is C36H43Cl2N5O7S. The highest BCUT2D eigenvalue weighted by atomic mass is 35.5. The zero-order valence-corrected chi connectivity index (χ0v) is 30.6. The molecule has 5 atom stereocenters. The lowest BCUT2D eigenvalue weighted by molar-refractivity contribution is -0.140. The van der Waals surface area contributed by atoms with Crippen LogP contribution in [0.5, 0.6) is 11.5 Å². The summed E-state index contributed by atoms with van der Waals surface area (Å²) in [5, 5.41) is 3.03. The molecule has 3 amide bonds. The molecule has 3 heterocycles. The van der Waals surface area contributed by atoms with Crippen molar-refractivity contribution in [1.29, 1.82) is 0 Å². The Hall–Kier alpha value is -3.91. The van der Waals surface area contributed by atoms with E-state index in [0.717, 1.165) is 17.4 Å². The fourth-order valence-electron chi connectivity index (χ4n) is 6.90. The summed E-state index contributed by atoms with van der Waals surface area (Å²) in [6, 6.07) is 15.3. The van der Waals surface area contributed by atoms with E-state index in [2.05, 4.69) is 10.0 Å². The summed E-state index contributed by atoms with van der Waals surface area (Å²) >= 11 is 0. The molecule has 0 spiro atoms. The summed E-state index contributed by atoms with van der Waals surface area (Å²) in [7, 11) is -2.25. The Morgan fingerprint density at radius 2 is 1.82 bits per heavy atom. The topological polar surface area (TPSA) is 170 Å². The number of pyridine rings is 1. The summed E-state index contributed by atoms with van der Waals surface area (Å²) in [5.41, 5.74) is 7.20. The molecule has 3 fully saturated rings. The Morgan fingerprint density at radius 1 is 1.06 bits per heavy atom. The average molecular weight is 761 g/mol. The van der Waals surface area contributed by atoms with Crippen molar-refractivity contribution in [2.75, 3.05) is 13.7 Å². The van der Waals surface area contributed by atoms with Crippen molar-refractivity contribution in [2.45, 2.75) is 80.3 Å². The predicted octanol–water partition coefficient (Wildman–Crippen LogP) is 4.04. The Bertz CT molecular complexity index is 1930. The van der Waals surface area contributed by atoms with E-state index in [0.29, 0.717) is 54.8 Å². The third kappa shape index (κ3) is 7.96. The van der Waals surface area contributed by atoms with Crippen LogP contribution in [0.3, 0.4) is 0 Å². The highest BCUT2D eigenvalue weighted by molar-refractivity contribution is 7.91. The number of hydrogen-bond donors (Lipinski definition) is 3. The summed E-state index contributed by atoms with van der Waals surface area (Å²) < 4.78 is 39.7. The number of carbonyl (C=O) groups is 3. The van der Waals surface area contributed by atoms with Gasteiger partial charge in [0.2, 0.25) is 21.8 Å². The first kappa shape index (κ1) is 38.3. The normalized spacial score (nSPS) is 27.0. The average Bonchev–Trinajstić information content (AvgIpc) is 4.02. The lowest BCUT2D eigenvalue weighted by Crippen LogP contribution is -2.57. The van der Waals surface area contributed by atoms with Gasteiger partial charge < -0.3 is 25.4 Å². The molecule has 12 nitrogen and oxygen atoms in total. The van der Waals surface area contributed by atoms with Gasteiger partial charge in [0.05, 0.1) is 36.2 Å². The van der Waals surface area contributed by atoms with Gasteiger partial charge in [0.15, 0.2) is 0 Å². The van der Waals surface area contributed by atoms with Crippen molar-refractivity contribution in [1.82, 2.24) is 19.9 Å². The van der Waals surface area contributed by atoms with E-state index in [1.807, 2.05) is 66.7 Å². The van der Waals surface area contributed by atoms with Crippen molar-refractivity contribution in [3.63, 3.8) is 0 Å². The molecule has 2 aliphatic carbocycles. The third-order valence-electron chi connectivity index (χ3n) is 9.98. The zero-order valence-electron chi connectivity index (χ0n) is 28.2. The van der Waals surface area contributed by atoms with Crippen LogP contribution in [0.4, 0.5) is 0 Å². The monoisotopic (exact) mass is 759 g/mol. The Morgan fingerprint density at radius 3 is 2.55 bits per heavy atom.